The Hall–Kier alpha value is -1.93. The lowest BCUT2D eigenvalue weighted by Crippen LogP contribution is -2.24. The van der Waals surface area contributed by atoms with Crippen molar-refractivity contribution in [2.24, 2.45) is 7.05 Å². The number of aryl methyl sites for hydroxylation is 1. The maximum Gasteiger partial charge on any atom is 0.241 e. The molecule has 0 amide bonds. The number of hydrogen-bond donors (Lipinski definition) is 2. The number of nitrogens with zero attached hydrogens (tertiary/aromatic N) is 3. The summed E-state index contributed by atoms with van der Waals surface area (Å²) in [6, 6.07) is 5.45. The number of aromatic nitrogens is 3. The van der Waals surface area contributed by atoms with Crippen molar-refractivity contribution in [1.82, 2.24) is 19.5 Å². The van der Waals surface area contributed by atoms with Crippen LogP contribution in [0.3, 0.4) is 0 Å². The molecule has 7 nitrogen and oxygen atoms in total. The maximum absolute atomic E-state index is 11.9. The van der Waals surface area contributed by atoms with Crippen molar-refractivity contribution in [2.75, 3.05) is 0 Å². The molecule has 0 saturated carbocycles. The summed E-state index contributed by atoms with van der Waals surface area (Å²) in [6.45, 7) is 0.0362. The van der Waals surface area contributed by atoms with Gasteiger partial charge in [0.25, 0.3) is 0 Å². The quantitative estimate of drug-likeness (QED) is 0.813. The van der Waals surface area contributed by atoms with E-state index in [-0.39, 0.29) is 17.2 Å². The molecule has 0 saturated heterocycles. The molecule has 1 aromatic heterocycles. The smallest absolute Gasteiger partial charge is 0.241 e. The molecule has 0 radical (unpaired) electrons. The van der Waals surface area contributed by atoms with E-state index >= 15 is 0 Å². The van der Waals surface area contributed by atoms with Crippen LogP contribution in [-0.2, 0) is 23.6 Å². The molecule has 0 unspecified atom stereocenters. The highest BCUT2D eigenvalue weighted by molar-refractivity contribution is 7.89. The second-order valence-corrected chi connectivity index (χ2v) is 5.45. The molecule has 0 atom stereocenters. The van der Waals surface area contributed by atoms with Crippen molar-refractivity contribution >= 4 is 10.0 Å². The molecular formula is C10H12N4O3S. The fourth-order valence-corrected chi connectivity index (χ4v) is 2.38. The van der Waals surface area contributed by atoms with E-state index in [9.17, 15) is 13.5 Å². The molecule has 0 spiro atoms. The normalized spacial score (nSPS) is 11.6. The first-order chi connectivity index (χ1) is 8.49. The van der Waals surface area contributed by atoms with Gasteiger partial charge in [0, 0.05) is 7.05 Å². The van der Waals surface area contributed by atoms with E-state index in [0.29, 0.717) is 5.82 Å². The third kappa shape index (κ3) is 2.66. The molecule has 18 heavy (non-hydrogen) atoms. The molecule has 96 valence electrons. The van der Waals surface area contributed by atoms with Gasteiger partial charge in [-0.15, -0.1) is 10.2 Å². The Bertz CT molecular complexity index is 651. The van der Waals surface area contributed by atoms with E-state index in [0.717, 1.165) is 0 Å². The molecule has 0 aliphatic heterocycles. The minimum atomic E-state index is -3.67. The summed E-state index contributed by atoms with van der Waals surface area (Å²) in [4.78, 5) is 0.00432. The van der Waals surface area contributed by atoms with Crippen LogP contribution in [0, 0.1) is 0 Å². The zero-order chi connectivity index (χ0) is 13.2. The number of benzene rings is 1. The lowest BCUT2D eigenvalue weighted by Gasteiger charge is -2.06. The minimum absolute atomic E-state index is 0.00432. The third-order valence-corrected chi connectivity index (χ3v) is 3.75. The summed E-state index contributed by atoms with van der Waals surface area (Å²) in [5, 5.41) is 16.7. The average Bonchev–Trinajstić information content (AvgIpc) is 2.72. The molecule has 0 aliphatic carbocycles. The van der Waals surface area contributed by atoms with E-state index in [1.54, 1.807) is 11.6 Å². The number of nitrogens with one attached hydrogen (secondary N) is 1. The number of hydrogen-bond acceptors (Lipinski definition) is 5. The Labute approximate surface area is 104 Å². The minimum Gasteiger partial charge on any atom is -0.508 e. The fourth-order valence-electron chi connectivity index (χ4n) is 1.36. The summed E-state index contributed by atoms with van der Waals surface area (Å²) in [6.07, 6.45) is 1.48. The van der Waals surface area contributed by atoms with Gasteiger partial charge in [0.15, 0.2) is 0 Å². The first-order valence-corrected chi connectivity index (χ1v) is 6.59. The Balaban J connectivity index is 2.16. The van der Waals surface area contributed by atoms with Gasteiger partial charge in [0.2, 0.25) is 10.0 Å². The van der Waals surface area contributed by atoms with Gasteiger partial charge < -0.3 is 9.67 Å². The van der Waals surface area contributed by atoms with Gasteiger partial charge in [-0.1, -0.05) is 6.07 Å². The summed E-state index contributed by atoms with van der Waals surface area (Å²) in [7, 11) is -1.95. The van der Waals surface area contributed by atoms with Crippen LogP contribution >= 0.6 is 0 Å². The number of aromatic hydroxyl groups is 1. The van der Waals surface area contributed by atoms with E-state index in [1.165, 1.54) is 30.6 Å². The van der Waals surface area contributed by atoms with E-state index < -0.39 is 10.0 Å². The van der Waals surface area contributed by atoms with Crippen LogP contribution in [0.2, 0.25) is 0 Å². The van der Waals surface area contributed by atoms with E-state index in [1.807, 2.05) is 0 Å². The van der Waals surface area contributed by atoms with Gasteiger partial charge in [-0.2, -0.15) is 0 Å². The van der Waals surface area contributed by atoms with Gasteiger partial charge in [-0.05, 0) is 18.2 Å². The number of sulfonamides is 1. The molecule has 2 rings (SSSR count). The summed E-state index contributed by atoms with van der Waals surface area (Å²) in [5.41, 5.74) is 0. The summed E-state index contributed by atoms with van der Waals surface area (Å²) >= 11 is 0. The predicted molar refractivity (Wildman–Crippen MR) is 63.1 cm³/mol. The standard InChI is InChI=1S/C10H12N4O3S/c1-14-7-11-13-10(14)6-12-18(16,17)9-4-2-3-8(15)5-9/h2-5,7,12,15H,6H2,1H3. The third-order valence-electron chi connectivity index (χ3n) is 2.35. The molecular weight excluding hydrogens is 256 g/mol. The van der Waals surface area contributed by atoms with Crippen LogP contribution in [-0.4, -0.2) is 28.3 Å². The fraction of sp³-hybridized carbons (Fsp3) is 0.200. The number of phenolic OH excluding ortho intramolecular Hbond substituents is 1. The molecule has 0 bridgehead atoms. The zero-order valence-corrected chi connectivity index (χ0v) is 10.4. The van der Waals surface area contributed by atoms with Crippen LogP contribution in [0.25, 0.3) is 0 Å². The van der Waals surface area contributed by atoms with Crippen LogP contribution in [0.1, 0.15) is 5.82 Å². The average molecular weight is 268 g/mol. The van der Waals surface area contributed by atoms with Crippen molar-refractivity contribution in [3.63, 3.8) is 0 Å². The van der Waals surface area contributed by atoms with Crippen LogP contribution in [0.15, 0.2) is 35.5 Å². The second kappa shape index (κ2) is 4.75. The Morgan fingerprint density at radius 1 is 1.44 bits per heavy atom. The van der Waals surface area contributed by atoms with Crippen LogP contribution < -0.4 is 4.72 Å². The maximum atomic E-state index is 11.9. The first kappa shape index (κ1) is 12.5. The van der Waals surface area contributed by atoms with Crippen LogP contribution in [0.4, 0.5) is 0 Å². The van der Waals surface area contributed by atoms with Gasteiger partial charge in [0.1, 0.15) is 17.9 Å². The second-order valence-electron chi connectivity index (χ2n) is 3.68. The van der Waals surface area contributed by atoms with E-state index in [4.69, 9.17) is 0 Å². The monoisotopic (exact) mass is 268 g/mol. The zero-order valence-electron chi connectivity index (χ0n) is 9.61. The SMILES string of the molecule is Cn1cnnc1CNS(=O)(=O)c1cccc(O)c1. The van der Waals surface area contributed by atoms with Gasteiger partial charge in [0.05, 0.1) is 11.4 Å². The molecule has 1 aromatic carbocycles. The highest BCUT2D eigenvalue weighted by Crippen LogP contribution is 2.15. The highest BCUT2D eigenvalue weighted by atomic mass is 32.2. The van der Waals surface area contributed by atoms with Crippen LogP contribution in [0.5, 0.6) is 5.75 Å². The Morgan fingerprint density at radius 2 is 2.22 bits per heavy atom. The molecule has 8 heteroatoms. The van der Waals surface area contributed by atoms with Crippen molar-refractivity contribution in [1.29, 1.82) is 0 Å². The topological polar surface area (TPSA) is 97.1 Å². The predicted octanol–water partition coefficient (Wildman–Crippen LogP) is -0.000800. The molecule has 0 aliphatic rings. The van der Waals surface area contributed by atoms with Gasteiger partial charge >= 0.3 is 0 Å². The van der Waals surface area contributed by atoms with Crippen molar-refractivity contribution in [3.8, 4) is 5.75 Å². The van der Waals surface area contributed by atoms with Crippen molar-refractivity contribution in [2.45, 2.75) is 11.4 Å². The van der Waals surface area contributed by atoms with E-state index in [2.05, 4.69) is 14.9 Å². The van der Waals surface area contributed by atoms with Gasteiger partial charge in [-0.3, -0.25) is 0 Å². The molecule has 2 aromatic rings. The highest BCUT2D eigenvalue weighted by Gasteiger charge is 2.15. The van der Waals surface area contributed by atoms with Crippen molar-refractivity contribution < 1.29 is 13.5 Å². The van der Waals surface area contributed by atoms with Crippen molar-refractivity contribution in [3.05, 3.63) is 36.4 Å². The molecule has 2 N–H and O–H groups in total. The molecule has 1 heterocycles. The summed E-state index contributed by atoms with van der Waals surface area (Å²) in [5.74, 6) is 0.398. The first-order valence-electron chi connectivity index (χ1n) is 5.10. The lowest BCUT2D eigenvalue weighted by molar-refractivity contribution is 0.473. The largest absolute Gasteiger partial charge is 0.508 e. The Kier molecular flexibility index (Phi) is 3.30. The number of phenols is 1. The van der Waals surface area contributed by atoms with Gasteiger partial charge in [-0.25, -0.2) is 13.1 Å². The summed E-state index contributed by atoms with van der Waals surface area (Å²) < 4.78 is 27.8. The lowest BCUT2D eigenvalue weighted by atomic mass is 10.3. The number of rotatable bonds is 4. The molecule has 0 fully saturated rings. The Morgan fingerprint density at radius 3 is 2.83 bits per heavy atom.